The number of fused-ring (bicyclic) bond motifs is 3. The molecule has 1 aromatic carbocycles. The minimum Gasteiger partial charge on any atom is -0.481 e. The first-order chi connectivity index (χ1) is 11.2. The molecule has 0 unspecified atom stereocenters. The molecule has 0 aliphatic carbocycles. The second-order valence-corrected chi connectivity index (χ2v) is 5.95. The van der Waals surface area contributed by atoms with Crippen LogP contribution in [0.5, 0.6) is 5.88 Å². The van der Waals surface area contributed by atoms with E-state index in [9.17, 15) is 0 Å². The van der Waals surface area contributed by atoms with Crippen LogP contribution in [0.4, 0.5) is 5.95 Å². The van der Waals surface area contributed by atoms with Crippen molar-refractivity contribution in [2.24, 2.45) is 0 Å². The van der Waals surface area contributed by atoms with Crippen molar-refractivity contribution in [3.05, 3.63) is 35.0 Å². The van der Waals surface area contributed by atoms with Crippen LogP contribution in [0, 0.1) is 13.0 Å². The van der Waals surface area contributed by atoms with E-state index in [-0.39, 0.29) is 0 Å². The average Bonchev–Trinajstić information content (AvgIpc) is 2.95. The molecule has 1 aliphatic heterocycles. The second-order valence-electron chi connectivity index (χ2n) is 5.57. The van der Waals surface area contributed by atoms with Gasteiger partial charge in [-0.15, -0.1) is 0 Å². The number of rotatable bonds is 2. The summed E-state index contributed by atoms with van der Waals surface area (Å²) in [6.45, 7) is 3.82. The van der Waals surface area contributed by atoms with Crippen molar-refractivity contribution < 1.29 is 4.74 Å². The Kier molecular flexibility index (Phi) is 3.38. The molecule has 117 valence electrons. The van der Waals surface area contributed by atoms with Crippen molar-refractivity contribution in [3.8, 4) is 17.0 Å². The van der Waals surface area contributed by atoms with Gasteiger partial charge < -0.3 is 14.6 Å². The van der Waals surface area contributed by atoms with E-state index in [1.807, 2.05) is 25.1 Å². The minimum atomic E-state index is 0.592. The maximum absolute atomic E-state index is 6.66. The number of aryl methyl sites for hydroxylation is 2. The van der Waals surface area contributed by atoms with Gasteiger partial charge in [0.2, 0.25) is 11.8 Å². The lowest BCUT2D eigenvalue weighted by Gasteiger charge is -2.15. The number of nitrogens with one attached hydrogen (secondary N) is 1. The van der Waals surface area contributed by atoms with E-state index < -0.39 is 0 Å². The van der Waals surface area contributed by atoms with Crippen LogP contribution in [0.3, 0.4) is 0 Å². The van der Waals surface area contributed by atoms with Crippen LogP contribution in [0.25, 0.3) is 22.2 Å². The highest BCUT2D eigenvalue weighted by Gasteiger charge is 2.19. The van der Waals surface area contributed by atoms with E-state index >= 15 is 0 Å². The van der Waals surface area contributed by atoms with Gasteiger partial charge in [0, 0.05) is 42.0 Å². The molecule has 2 aromatic heterocycles. The summed E-state index contributed by atoms with van der Waals surface area (Å²) in [6.07, 6.45) is 1.08. The van der Waals surface area contributed by atoms with E-state index in [1.165, 1.54) is 0 Å². The van der Waals surface area contributed by atoms with Crippen molar-refractivity contribution in [2.75, 3.05) is 19.0 Å². The molecule has 0 fully saturated rings. The molecule has 5 nitrogen and oxygen atoms in total. The van der Waals surface area contributed by atoms with Gasteiger partial charge in [0.1, 0.15) is 5.52 Å². The molecule has 0 atom stereocenters. The van der Waals surface area contributed by atoms with Crippen LogP contribution in [-0.2, 0) is 6.54 Å². The number of pyridine rings is 1. The van der Waals surface area contributed by atoms with Gasteiger partial charge in [0.05, 0.1) is 17.6 Å². The van der Waals surface area contributed by atoms with Gasteiger partial charge in [-0.2, -0.15) is 0 Å². The Balaban J connectivity index is 1.90. The molecule has 0 bridgehead atoms. The first kappa shape index (κ1) is 14.3. The first-order valence-electron chi connectivity index (χ1n) is 7.55. The number of aromatic nitrogens is 3. The van der Waals surface area contributed by atoms with Gasteiger partial charge in [-0.3, -0.25) is 0 Å². The van der Waals surface area contributed by atoms with Crippen LogP contribution in [0.15, 0.2) is 18.2 Å². The number of benzene rings is 1. The quantitative estimate of drug-likeness (QED) is 0.780. The molecule has 0 amide bonds. The molecule has 0 spiro atoms. The summed E-state index contributed by atoms with van der Waals surface area (Å²) in [6, 6.07) is 9.07. The molecule has 3 aromatic rings. The molecule has 0 saturated heterocycles. The van der Waals surface area contributed by atoms with Gasteiger partial charge >= 0.3 is 0 Å². The predicted octanol–water partition coefficient (Wildman–Crippen LogP) is 3.68. The molecule has 1 aliphatic rings. The summed E-state index contributed by atoms with van der Waals surface area (Å²) in [5.74, 6) is 1.46. The smallest absolute Gasteiger partial charge is 0.213 e. The molecular formula is C17H16ClN4O. The van der Waals surface area contributed by atoms with Crippen LogP contribution in [0.1, 0.15) is 12.1 Å². The SMILES string of the molecule is COc1ccc(-c2c[c]c3c(nc4n3CCCN4)c2Cl)c(C)n1. The zero-order chi connectivity index (χ0) is 16.0. The highest BCUT2D eigenvalue weighted by atomic mass is 35.5. The fraction of sp³-hybridized carbons (Fsp3) is 0.294. The highest BCUT2D eigenvalue weighted by Crippen LogP contribution is 2.37. The topological polar surface area (TPSA) is 52.0 Å². The Morgan fingerprint density at radius 1 is 1.30 bits per heavy atom. The molecule has 0 saturated carbocycles. The summed E-state index contributed by atoms with van der Waals surface area (Å²) in [5, 5.41) is 3.95. The minimum absolute atomic E-state index is 0.592. The van der Waals surface area contributed by atoms with E-state index in [2.05, 4.69) is 25.9 Å². The fourth-order valence-electron chi connectivity index (χ4n) is 3.01. The second kappa shape index (κ2) is 5.42. The Morgan fingerprint density at radius 3 is 2.96 bits per heavy atom. The Hall–Kier alpha value is -2.27. The zero-order valence-corrected chi connectivity index (χ0v) is 13.7. The average molecular weight is 328 g/mol. The fourth-order valence-corrected chi connectivity index (χ4v) is 3.29. The summed E-state index contributed by atoms with van der Waals surface area (Å²) in [4.78, 5) is 9.07. The van der Waals surface area contributed by atoms with E-state index in [0.29, 0.717) is 10.9 Å². The number of imidazole rings is 1. The number of ether oxygens (including phenoxy) is 1. The molecule has 6 heteroatoms. The number of hydrogen-bond acceptors (Lipinski definition) is 4. The van der Waals surface area contributed by atoms with Gasteiger partial charge in [0.15, 0.2) is 0 Å². The normalized spacial score (nSPS) is 13.7. The first-order valence-corrected chi connectivity index (χ1v) is 7.93. The third-order valence-corrected chi connectivity index (χ3v) is 4.55. The predicted molar refractivity (Wildman–Crippen MR) is 91.2 cm³/mol. The van der Waals surface area contributed by atoms with Crippen molar-refractivity contribution in [2.45, 2.75) is 19.9 Å². The van der Waals surface area contributed by atoms with Gasteiger partial charge in [-0.1, -0.05) is 11.6 Å². The van der Waals surface area contributed by atoms with E-state index in [4.69, 9.17) is 16.3 Å². The van der Waals surface area contributed by atoms with Crippen molar-refractivity contribution in [3.63, 3.8) is 0 Å². The molecule has 4 rings (SSSR count). The standard InChI is InChI=1S/C17H16ClN4O/c1-10-11(5-7-14(20-10)23-2)12-4-6-13-16(15(12)18)21-17-19-8-3-9-22(13)17/h4-5,7H,3,8-9H2,1-2H3,(H,19,21). The largest absolute Gasteiger partial charge is 0.481 e. The third-order valence-electron chi connectivity index (χ3n) is 4.17. The summed E-state index contributed by atoms with van der Waals surface area (Å²) in [5.41, 5.74) is 4.44. The summed E-state index contributed by atoms with van der Waals surface area (Å²) >= 11 is 6.66. The lowest BCUT2D eigenvalue weighted by Crippen LogP contribution is -2.16. The monoisotopic (exact) mass is 327 g/mol. The van der Waals surface area contributed by atoms with Crippen molar-refractivity contribution in [1.82, 2.24) is 14.5 Å². The number of halogens is 1. The van der Waals surface area contributed by atoms with Crippen LogP contribution < -0.4 is 10.1 Å². The van der Waals surface area contributed by atoms with Crippen molar-refractivity contribution in [1.29, 1.82) is 0 Å². The zero-order valence-electron chi connectivity index (χ0n) is 13.0. The molecule has 1 radical (unpaired) electrons. The summed E-state index contributed by atoms with van der Waals surface area (Å²) in [7, 11) is 1.61. The molecule has 23 heavy (non-hydrogen) atoms. The lowest BCUT2D eigenvalue weighted by molar-refractivity contribution is 0.397. The van der Waals surface area contributed by atoms with Crippen molar-refractivity contribution >= 4 is 28.6 Å². The van der Waals surface area contributed by atoms with Crippen LogP contribution in [0.2, 0.25) is 5.02 Å². The Labute approximate surface area is 139 Å². The number of methoxy groups -OCH3 is 1. The van der Waals surface area contributed by atoms with Gasteiger partial charge in [-0.05, 0) is 25.5 Å². The van der Waals surface area contributed by atoms with E-state index in [0.717, 1.165) is 53.3 Å². The highest BCUT2D eigenvalue weighted by molar-refractivity contribution is 6.37. The maximum Gasteiger partial charge on any atom is 0.213 e. The Bertz CT molecular complexity index is 903. The molecule has 3 heterocycles. The van der Waals surface area contributed by atoms with Gasteiger partial charge in [0.25, 0.3) is 0 Å². The molecular weight excluding hydrogens is 312 g/mol. The maximum atomic E-state index is 6.66. The summed E-state index contributed by atoms with van der Waals surface area (Å²) < 4.78 is 7.30. The third kappa shape index (κ3) is 2.23. The van der Waals surface area contributed by atoms with Gasteiger partial charge in [-0.25, -0.2) is 9.97 Å². The number of nitrogens with zero attached hydrogens (tertiary/aromatic N) is 3. The molecule has 1 N–H and O–H groups in total. The number of anilines is 1. The van der Waals surface area contributed by atoms with Crippen LogP contribution >= 0.6 is 11.6 Å². The lowest BCUT2D eigenvalue weighted by atomic mass is 10.0. The van der Waals surface area contributed by atoms with Crippen LogP contribution in [-0.4, -0.2) is 28.2 Å². The van der Waals surface area contributed by atoms with E-state index in [1.54, 1.807) is 7.11 Å². The Morgan fingerprint density at radius 2 is 2.17 bits per heavy atom. The number of hydrogen-bond donors (Lipinski definition) is 1.